The first kappa shape index (κ1) is 16.5. The van der Waals surface area contributed by atoms with Gasteiger partial charge < -0.3 is 15.4 Å². The lowest BCUT2D eigenvalue weighted by Crippen LogP contribution is -2.13. The number of aryl methyl sites for hydroxylation is 1. The second-order valence-corrected chi connectivity index (χ2v) is 5.16. The van der Waals surface area contributed by atoms with Crippen molar-refractivity contribution in [2.45, 2.75) is 19.8 Å². The van der Waals surface area contributed by atoms with Crippen molar-refractivity contribution in [3.05, 3.63) is 54.1 Å². The second kappa shape index (κ2) is 7.98. The Bertz CT molecular complexity index is 698. The highest BCUT2D eigenvalue weighted by Gasteiger charge is 2.05. The molecule has 0 saturated carbocycles. The summed E-state index contributed by atoms with van der Waals surface area (Å²) in [5.74, 6) is 0.560. The highest BCUT2D eigenvalue weighted by Crippen LogP contribution is 2.17. The van der Waals surface area contributed by atoms with Gasteiger partial charge in [-0.2, -0.15) is 0 Å². The first-order valence-electron chi connectivity index (χ1n) is 7.37. The van der Waals surface area contributed by atoms with Crippen LogP contribution < -0.4 is 15.4 Å². The molecule has 0 heterocycles. The maximum atomic E-state index is 12.0. The zero-order valence-corrected chi connectivity index (χ0v) is 13.3. The summed E-state index contributed by atoms with van der Waals surface area (Å²) in [7, 11) is 1.62. The summed E-state index contributed by atoms with van der Waals surface area (Å²) >= 11 is 0. The van der Waals surface area contributed by atoms with Crippen molar-refractivity contribution < 1.29 is 14.3 Å². The van der Waals surface area contributed by atoms with E-state index in [4.69, 9.17) is 4.74 Å². The molecule has 0 saturated heterocycles. The van der Waals surface area contributed by atoms with E-state index in [0.29, 0.717) is 24.2 Å². The van der Waals surface area contributed by atoms with E-state index in [1.165, 1.54) is 6.92 Å². The Kier molecular flexibility index (Phi) is 5.74. The number of amides is 2. The van der Waals surface area contributed by atoms with E-state index in [2.05, 4.69) is 10.6 Å². The van der Waals surface area contributed by atoms with Crippen molar-refractivity contribution in [2.75, 3.05) is 17.7 Å². The van der Waals surface area contributed by atoms with Crippen LogP contribution in [0.25, 0.3) is 0 Å². The molecular weight excluding hydrogens is 292 g/mol. The van der Waals surface area contributed by atoms with Gasteiger partial charge in [-0.1, -0.05) is 18.2 Å². The van der Waals surface area contributed by atoms with Crippen LogP contribution in [-0.2, 0) is 16.0 Å². The molecule has 2 rings (SSSR count). The van der Waals surface area contributed by atoms with Crippen molar-refractivity contribution in [3.63, 3.8) is 0 Å². The van der Waals surface area contributed by atoms with Gasteiger partial charge in [-0.15, -0.1) is 0 Å². The fourth-order valence-electron chi connectivity index (χ4n) is 2.19. The number of ether oxygens (including phenoxy) is 1. The Hall–Kier alpha value is -2.82. The van der Waals surface area contributed by atoms with E-state index in [1.807, 2.05) is 24.3 Å². The number of carbonyl (C=O) groups excluding carboxylic acids is 2. The minimum absolute atomic E-state index is 0.0761. The van der Waals surface area contributed by atoms with Gasteiger partial charge in [0.2, 0.25) is 11.8 Å². The number of benzene rings is 2. The van der Waals surface area contributed by atoms with Gasteiger partial charge in [0.05, 0.1) is 7.11 Å². The molecule has 0 fully saturated rings. The van der Waals surface area contributed by atoms with Crippen LogP contribution in [0.1, 0.15) is 18.9 Å². The number of anilines is 2. The first-order chi connectivity index (χ1) is 11.1. The van der Waals surface area contributed by atoms with Crippen LogP contribution in [0.4, 0.5) is 11.4 Å². The molecular formula is C18H20N2O3. The Morgan fingerprint density at radius 2 is 1.70 bits per heavy atom. The van der Waals surface area contributed by atoms with Gasteiger partial charge in [0, 0.05) is 24.7 Å². The van der Waals surface area contributed by atoms with Crippen LogP contribution in [0.15, 0.2) is 48.5 Å². The molecule has 0 aromatic heterocycles. The Balaban J connectivity index is 1.90. The SMILES string of the molecule is COc1cccc(CCC(=O)Nc2cccc(NC(C)=O)c2)c1. The van der Waals surface area contributed by atoms with Gasteiger partial charge in [0.1, 0.15) is 5.75 Å². The number of nitrogens with one attached hydrogen (secondary N) is 2. The van der Waals surface area contributed by atoms with Crippen molar-refractivity contribution in [2.24, 2.45) is 0 Å². The zero-order chi connectivity index (χ0) is 16.7. The van der Waals surface area contributed by atoms with Crippen LogP contribution >= 0.6 is 0 Å². The molecule has 5 heteroatoms. The number of hydrogen-bond acceptors (Lipinski definition) is 3. The average molecular weight is 312 g/mol. The van der Waals surface area contributed by atoms with E-state index in [9.17, 15) is 9.59 Å². The summed E-state index contributed by atoms with van der Waals surface area (Å²) in [6.07, 6.45) is 1.01. The summed E-state index contributed by atoms with van der Waals surface area (Å²) < 4.78 is 5.17. The molecule has 2 N–H and O–H groups in total. The third-order valence-electron chi connectivity index (χ3n) is 3.24. The summed E-state index contributed by atoms with van der Waals surface area (Å²) in [4.78, 5) is 23.1. The number of hydrogen-bond donors (Lipinski definition) is 2. The standard InChI is InChI=1S/C18H20N2O3/c1-13(21)19-15-6-4-7-16(12-15)20-18(22)10-9-14-5-3-8-17(11-14)23-2/h3-8,11-12H,9-10H2,1-2H3,(H,19,21)(H,20,22). The van der Waals surface area contributed by atoms with Gasteiger partial charge >= 0.3 is 0 Å². The smallest absolute Gasteiger partial charge is 0.224 e. The van der Waals surface area contributed by atoms with Crippen LogP contribution in [0.5, 0.6) is 5.75 Å². The molecule has 2 aromatic rings. The predicted molar refractivity (Wildman–Crippen MR) is 90.7 cm³/mol. The molecule has 0 radical (unpaired) electrons. The third kappa shape index (κ3) is 5.47. The van der Waals surface area contributed by atoms with Crippen molar-refractivity contribution >= 4 is 23.2 Å². The van der Waals surface area contributed by atoms with Crippen molar-refractivity contribution in [3.8, 4) is 5.75 Å². The molecule has 0 aliphatic rings. The monoisotopic (exact) mass is 312 g/mol. The lowest BCUT2D eigenvalue weighted by molar-refractivity contribution is -0.116. The number of rotatable bonds is 6. The van der Waals surface area contributed by atoms with E-state index in [0.717, 1.165) is 11.3 Å². The van der Waals surface area contributed by atoms with Crippen LogP contribution in [-0.4, -0.2) is 18.9 Å². The number of carbonyl (C=O) groups is 2. The average Bonchev–Trinajstić information content (AvgIpc) is 2.53. The van der Waals surface area contributed by atoms with Crippen LogP contribution in [0, 0.1) is 0 Å². The largest absolute Gasteiger partial charge is 0.497 e. The van der Waals surface area contributed by atoms with Gasteiger partial charge in [0.25, 0.3) is 0 Å². The van der Waals surface area contributed by atoms with E-state index >= 15 is 0 Å². The number of methoxy groups -OCH3 is 1. The molecule has 0 bridgehead atoms. The minimum Gasteiger partial charge on any atom is -0.497 e. The molecule has 0 aliphatic heterocycles. The minimum atomic E-state index is -0.147. The zero-order valence-electron chi connectivity index (χ0n) is 13.3. The second-order valence-electron chi connectivity index (χ2n) is 5.16. The summed E-state index contributed by atoms with van der Waals surface area (Å²) in [6.45, 7) is 1.44. The molecule has 0 atom stereocenters. The molecule has 120 valence electrons. The molecule has 0 spiro atoms. The summed E-state index contributed by atoms with van der Waals surface area (Å²) in [6, 6.07) is 14.7. The molecule has 0 aliphatic carbocycles. The Morgan fingerprint density at radius 3 is 2.39 bits per heavy atom. The van der Waals surface area contributed by atoms with E-state index in [-0.39, 0.29) is 11.8 Å². The Morgan fingerprint density at radius 1 is 1.00 bits per heavy atom. The topological polar surface area (TPSA) is 67.4 Å². The maximum absolute atomic E-state index is 12.0. The van der Waals surface area contributed by atoms with Crippen LogP contribution in [0.2, 0.25) is 0 Å². The fourth-order valence-corrected chi connectivity index (χ4v) is 2.19. The van der Waals surface area contributed by atoms with Gasteiger partial charge in [-0.3, -0.25) is 9.59 Å². The van der Waals surface area contributed by atoms with Gasteiger partial charge in [0.15, 0.2) is 0 Å². The van der Waals surface area contributed by atoms with E-state index in [1.54, 1.807) is 31.4 Å². The normalized spacial score (nSPS) is 10.0. The summed E-state index contributed by atoms with van der Waals surface area (Å²) in [5.41, 5.74) is 2.36. The van der Waals surface area contributed by atoms with Gasteiger partial charge in [-0.25, -0.2) is 0 Å². The first-order valence-corrected chi connectivity index (χ1v) is 7.37. The lowest BCUT2D eigenvalue weighted by atomic mass is 10.1. The van der Waals surface area contributed by atoms with E-state index < -0.39 is 0 Å². The molecule has 23 heavy (non-hydrogen) atoms. The Labute approximate surface area is 135 Å². The quantitative estimate of drug-likeness (QED) is 0.860. The molecule has 2 aromatic carbocycles. The third-order valence-corrected chi connectivity index (χ3v) is 3.24. The molecule has 0 unspecified atom stereocenters. The highest BCUT2D eigenvalue weighted by atomic mass is 16.5. The predicted octanol–water partition coefficient (Wildman–Crippen LogP) is 3.22. The lowest BCUT2D eigenvalue weighted by Gasteiger charge is -2.08. The maximum Gasteiger partial charge on any atom is 0.224 e. The summed E-state index contributed by atoms with van der Waals surface area (Å²) in [5, 5.41) is 5.52. The van der Waals surface area contributed by atoms with Crippen molar-refractivity contribution in [1.82, 2.24) is 0 Å². The fraction of sp³-hybridized carbons (Fsp3) is 0.222. The van der Waals surface area contributed by atoms with Crippen molar-refractivity contribution in [1.29, 1.82) is 0 Å². The molecule has 5 nitrogen and oxygen atoms in total. The van der Waals surface area contributed by atoms with Gasteiger partial charge in [-0.05, 0) is 42.3 Å². The highest BCUT2D eigenvalue weighted by molar-refractivity contribution is 5.93. The van der Waals surface area contributed by atoms with Crippen LogP contribution in [0.3, 0.4) is 0 Å². The molecule has 2 amide bonds.